The number of imidazole rings is 1. The molecule has 150 valence electrons. The van der Waals surface area contributed by atoms with Gasteiger partial charge in [0.2, 0.25) is 0 Å². The fourth-order valence-corrected chi connectivity index (χ4v) is 3.50. The van der Waals surface area contributed by atoms with E-state index < -0.39 is 5.82 Å². The number of aromatic nitrogens is 3. The van der Waals surface area contributed by atoms with Crippen LogP contribution in [0.15, 0.2) is 30.5 Å². The third-order valence-corrected chi connectivity index (χ3v) is 5.07. The Balaban J connectivity index is 1.57. The Bertz CT molecular complexity index is 1110. The summed E-state index contributed by atoms with van der Waals surface area (Å²) in [6.45, 7) is 3.80. The fourth-order valence-electron chi connectivity index (χ4n) is 3.50. The van der Waals surface area contributed by atoms with Crippen LogP contribution in [0.2, 0.25) is 0 Å². The van der Waals surface area contributed by atoms with Gasteiger partial charge >= 0.3 is 6.03 Å². The minimum absolute atomic E-state index is 0.124. The minimum atomic E-state index is -0.468. The number of aryl methyl sites for hydroxylation is 1. The van der Waals surface area contributed by atoms with Gasteiger partial charge in [0.1, 0.15) is 23.0 Å². The highest BCUT2D eigenvalue weighted by molar-refractivity contribution is 5.80. The summed E-state index contributed by atoms with van der Waals surface area (Å²) in [4.78, 5) is 23.8. The average molecular weight is 397 g/mol. The number of carbonyl (C=O) groups is 1. The standard InChI is InChI=1S/C21H21F2N5O/c1-3-28-19(25-17-6-4-5-15(22)20(17)28)8-7-14-11-16(23)18(24-12-14)13-27-10-9-26(2)21(27)29/h4-8,11-12H,3,9-10,13H2,1-2H3/b8-7+. The van der Waals surface area contributed by atoms with E-state index in [0.29, 0.717) is 42.1 Å². The molecule has 29 heavy (non-hydrogen) atoms. The van der Waals surface area contributed by atoms with Crippen molar-refractivity contribution in [2.45, 2.75) is 20.0 Å². The molecule has 0 saturated carbocycles. The van der Waals surface area contributed by atoms with E-state index in [9.17, 15) is 13.6 Å². The molecule has 1 saturated heterocycles. The Labute approximate surface area is 167 Å². The van der Waals surface area contributed by atoms with Crippen molar-refractivity contribution in [1.29, 1.82) is 0 Å². The van der Waals surface area contributed by atoms with E-state index in [1.807, 2.05) is 6.92 Å². The van der Waals surface area contributed by atoms with Crippen LogP contribution < -0.4 is 0 Å². The molecule has 1 fully saturated rings. The first-order chi connectivity index (χ1) is 14.0. The molecule has 8 heteroatoms. The number of pyridine rings is 1. The number of fused-ring (bicyclic) bond motifs is 1. The van der Waals surface area contributed by atoms with Gasteiger partial charge < -0.3 is 14.4 Å². The normalized spacial score (nSPS) is 14.7. The Kier molecular flexibility index (Phi) is 5.00. The van der Waals surface area contributed by atoms with Gasteiger partial charge in [-0.3, -0.25) is 4.98 Å². The molecular weight excluding hydrogens is 376 g/mol. The highest BCUT2D eigenvalue weighted by Crippen LogP contribution is 2.21. The minimum Gasteiger partial charge on any atom is -0.326 e. The maximum atomic E-state index is 14.5. The predicted molar refractivity (Wildman–Crippen MR) is 107 cm³/mol. The first-order valence-electron chi connectivity index (χ1n) is 9.45. The Morgan fingerprint density at radius 2 is 2.00 bits per heavy atom. The molecule has 6 nitrogen and oxygen atoms in total. The lowest BCUT2D eigenvalue weighted by Gasteiger charge is -2.15. The van der Waals surface area contributed by atoms with E-state index in [1.165, 1.54) is 12.1 Å². The molecule has 0 unspecified atom stereocenters. The summed E-state index contributed by atoms with van der Waals surface area (Å²) in [7, 11) is 1.72. The molecular formula is C21H21F2N5O. The lowest BCUT2D eigenvalue weighted by Crippen LogP contribution is -2.29. The Morgan fingerprint density at radius 3 is 2.69 bits per heavy atom. The molecule has 0 spiro atoms. The lowest BCUT2D eigenvalue weighted by atomic mass is 10.2. The lowest BCUT2D eigenvalue weighted by molar-refractivity contribution is 0.196. The predicted octanol–water partition coefficient (Wildman–Crippen LogP) is 3.77. The number of halogens is 2. The molecule has 3 aromatic rings. The zero-order valence-corrected chi connectivity index (χ0v) is 16.3. The van der Waals surface area contributed by atoms with Gasteiger partial charge in [0, 0.05) is 32.9 Å². The first-order valence-corrected chi connectivity index (χ1v) is 9.45. The van der Waals surface area contributed by atoms with Gasteiger partial charge in [0.05, 0.1) is 17.8 Å². The number of likely N-dealkylation sites (N-methyl/N-ethyl adjacent to an activating group) is 1. The number of benzene rings is 1. The van der Waals surface area contributed by atoms with E-state index in [4.69, 9.17) is 0 Å². The highest BCUT2D eigenvalue weighted by atomic mass is 19.1. The molecule has 0 bridgehead atoms. The Hall–Kier alpha value is -3.29. The first kappa shape index (κ1) is 19.0. The van der Waals surface area contributed by atoms with Crippen molar-refractivity contribution in [3.63, 3.8) is 0 Å². The topological polar surface area (TPSA) is 54.3 Å². The van der Waals surface area contributed by atoms with Crippen LogP contribution in [0.1, 0.15) is 24.0 Å². The average Bonchev–Trinajstić information content (AvgIpc) is 3.23. The van der Waals surface area contributed by atoms with Crippen LogP contribution >= 0.6 is 0 Å². The van der Waals surface area contributed by atoms with Crippen molar-refractivity contribution in [3.8, 4) is 0 Å². The summed E-state index contributed by atoms with van der Waals surface area (Å²) in [5.74, 6) is -0.206. The maximum absolute atomic E-state index is 14.5. The van der Waals surface area contributed by atoms with Crippen molar-refractivity contribution >= 4 is 29.2 Å². The van der Waals surface area contributed by atoms with Crippen LogP contribution in [0.5, 0.6) is 0 Å². The number of amides is 2. The summed E-state index contributed by atoms with van der Waals surface area (Å²) in [6.07, 6.45) is 4.97. The number of hydrogen-bond acceptors (Lipinski definition) is 3. The summed E-state index contributed by atoms with van der Waals surface area (Å²) in [5, 5.41) is 0. The van der Waals surface area contributed by atoms with Gasteiger partial charge in [0.15, 0.2) is 0 Å². The van der Waals surface area contributed by atoms with E-state index in [-0.39, 0.29) is 24.1 Å². The third-order valence-electron chi connectivity index (χ3n) is 5.07. The molecule has 0 radical (unpaired) electrons. The van der Waals surface area contributed by atoms with Crippen molar-refractivity contribution in [1.82, 2.24) is 24.3 Å². The molecule has 0 N–H and O–H groups in total. The van der Waals surface area contributed by atoms with Crippen LogP contribution in [0.4, 0.5) is 13.6 Å². The van der Waals surface area contributed by atoms with Crippen LogP contribution in [-0.2, 0) is 13.1 Å². The molecule has 1 aliphatic rings. The second kappa shape index (κ2) is 7.62. The number of rotatable bonds is 5. The second-order valence-electron chi connectivity index (χ2n) is 6.98. The second-order valence-corrected chi connectivity index (χ2v) is 6.98. The van der Waals surface area contributed by atoms with Crippen molar-refractivity contribution in [2.24, 2.45) is 0 Å². The largest absolute Gasteiger partial charge is 0.326 e. The van der Waals surface area contributed by atoms with Crippen LogP contribution in [0.25, 0.3) is 23.2 Å². The van der Waals surface area contributed by atoms with E-state index >= 15 is 0 Å². The Morgan fingerprint density at radius 1 is 1.17 bits per heavy atom. The summed E-state index contributed by atoms with van der Waals surface area (Å²) >= 11 is 0. The molecule has 4 rings (SSSR count). The van der Waals surface area contributed by atoms with E-state index in [0.717, 1.165) is 0 Å². The van der Waals surface area contributed by atoms with Gasteiger partial charge in [-0.1, -0.05) is 6.07 Å². The molecule has 2 amide bonds. The monoisotopic (exact) mass is 397 g/mol. The van der Waals surface area contributed by atoms with Crippen LogP contribution in [0, 0.1) is 11.6 Å². The molecule has 3 heterocycles. The molecule has 1 aromatic carbocycles. The van der Waals surface area contributed by atoms with Gasteiger partial charge in [0.25, 0.3) is 0 Å². The van der Waals surface area contributed by atoms with Crippen LogP contribution in [0.3, 0.4) is 0 Å². The molecule has 2 aromatic heterocycles. The van der Waals surface area contributed by atoms with E-state index in [1.54, 1.807) is 51.9 Å². The summed E-state index contributed by atoms with van der Waals surface area (Å²) in [6, 6.07) is 6.04. The smallest absolute Gasteiger partial charge is 0.320 e. The third kappa shape index (κ3) is 3.57. The molecule has 0 atom stereocenters. The van der Waals surface area contributed by atoms with Crippen molar-refractivity contribution in [2.75, 3.05) is 20.1 Å². The summed E-state index contributed by atoms with van der Waals surface area (Å²) in [5.41, 5.74) is 1.82. The number of para-hydroxylation sites is 1. The van der Waals surface area contributed by atoms with Crippen LogP contribution in [-0.4, -0.2) is 50.5 Å². The zero-order chi connectivity index (χ0) is 20.5. The quantitative estimate of drug-likeness (QED) is 0.659. The summed E-state index contributed by atoms with van der Waals surface area (Å²) < 4.78 is 30.4. The molecule has 1 aliphatic heterocycles. The van der Waals surface area contributed by atoms with Gasteiger partial charge in [-0.05, 0) is 42.8 Å². The SMILES string of the molecule is CCn1c(/C=C/c2cnc(CN3CCN(C)C3=O)c(F)c2)nc2cccc(F)c21. The number of urea groups is 1. The van der Waals surface area contributed by atoms with Crippen molar-refractivity contribution in [3.05, 3.63) is 59.2 Å². The maximum Gasteiger partial charge on any atom is 0.320 e. The number of carbonyl (C=O) groups excluding carboxylic acids is 1. The van der Waals surface area contributed by atoms with Crippen molar-refractivity contribution < 1.29 is 13.6 Å². The number of nitrogens with zero attached hydrogens (tertiary/aromatic N) is 5. The fraction of sp³-hybridized carbons (Fsp3) is 0.286. The zero-order valence-electron chi connectivity index (χ0n) is 16.3. The highest BCUT2D eigenvalue weighted by Gasteiger charge is 2.26. The van der Waals surface area contributed by atoms with Gasteiger partial charge in [-0.2, -0.15) is 0 Å². The van der Waals surface area contributed by atoms with Gasteiger partial charge in [-0.25, -0.2) is 18.6 Å². The van der Waals surface area contributed by atoms with E-state index in [2.05, 4.69) is 9.97 Å². The van der Waals surface area contributed by atoms with Gasteiger partial charge in [-0.15, -0.1) is 0 Å². The molecule has 0 aliphatic carbocycles. The number of hydrogen-bond donors (Lipinski definition) is 0.